The van der Waals surface area contributed by atoms with Crippen LogP contribution in [-0.2, 0) is 4.79 Å². The van der Waals surface area contributed by atoms with E-state index in [2.05, 4.69) is 43.4 Å². The smallest absolute Gasteiger partial charge is 0.139 e. The van der Waals surface area contributed by atoms with Crippen LogP contribution in [-0.4, -0.2) is 21.4 Å². The van der Waals surface area contributed by atoms with Crippen molar-refractivity contribution in [2.45, 2.75) is 69.3 Å². The molecule has 0 radical (unpaired) electrons. The molecule has 2 unspecified atom stereocenters. The fourth-order valence-electron chi connectivity index (χ4n) is 7.15. The average molecular weight is 363 g/mol. The van der Waals surface area contributed by atoms with Gasteiger partial charge in [-0.2, -0.15) is 0 Å². The molecule has 3 saturated carbocycles. The Hall–Kier alpha value is 0.110. The van der Waals surface area contributed by atoms with Gasteiger partial charge in [0.1, 0.15) is 5.78 Å². The predicted octanol–water partition coefficient (Wildman–Crippen LogP) is 5.69. The van der Waals surface area contributed by atoms with Gasteiger partial charge in [-0.25, -0.2) is 0 Å². The molecular formula is C21H30OS2. The van der Waals surface area contributed by atoms with Gasteiger partial charge >= 0.3 is 0 Å². The third kappa shape index (κ3) is 2.06. The molecule has 4 fully saturated rings. The summed E-state index contributed by atoms with van der Waals surface area (Å²) in [6.45, 7) is 4.89. The predicted molar refractivity (Wildman–Crippen MR) is 104 cm³/mol. The zero-order valence-corrected chi connectivity index (χ0v) is 16.7. The monoisotopic (exact) mass is 362 g/mol. The van der Waals surface area contributed by atoms with Crippen LogP contribution in [0, 0.1) is 28.6 Å². The van der Waals surface area contributed by atoms with Crippen molar-refractivity contribution in [3.8, 4) is 0 Å². The highest BCUT2D eigenvalue weighted by Crippen LogP contribution is 2.67. The van der Waals surface area contributed by atoms with Gasteiger partial charge in [-0.1, -0.05) is 25.5 Å². The van der Waals surface area contributed by atoms with Crippen LogP contribution in [0.1, 0.15) is 65.2 Å². The van der Waals surface area contributed by atoms with E-state index >= 15 is 0 Å². The van der Waals surface area contributed by atoms with Crippen molar-refractivity contribution in [2.24, 2.45) is 28.6 Å². The minimum atomic E-state index is 0.0335. The van der Waals surface area contributed by atoms with E-state index in [4.69, 9.17) is 0 Å². The summed E-state index contributed by atoms with van der Waals surface area (Å²) in [7, 11) is 0. The van der Waals surface area contributed by atoms with Crippen LogP contribution in [0.4, 0.5) is 0 Å². The van der Waals surface area contributed by atoms with Gasteiger partial charge in [-0.3, -0.25) is 4.79 Å². The Labute approximate surface area is 155 Å². The van der Waals surface area contributed by atoms with Crippen molar-refractivity contribution in [1.29, 1.82) is 0 Å². The molecule has 5 atom stereocenters. The van der Waals surface area contributed by atoms with Gasteiger partial charge in [-0.05, 0) is 68.1 Å². The summed E-state index contributed by atoms with van der Waals surface area (Å²) in [5.41, 5.74) is 2.27. The fourth-order valence-corrected chi connectivity index (χ4v) is 10.3. The minimum Gasteiger partial charge on any atom is -0.299 e. The van der Waals surface area contributed by atoms with Gasteiger partial charge in [0.05, 0.1) is 4.08 Å². The summed E-state index contributed by atoms with van der Waals surface area (Å²) in [5, 5.41) is 0. The molecule has 0 amide bonds. The van der Waals surface area contributed by atoms with Crippen LogP contribution in [0.15, 0.2) is 11.6 Å². The van der Waals surface area contributed by atoms with Crippen molar-refractivity contribution in [1.82, 2.24) is 0 Å². The van der Waals surface area contributed by atoms with Crippen molar-refractivity contribution in [3.05, 3.63) is 11.6 Å². The van der Waals surface area contributed by atoms with Gasteiger partial charge in [0.15, 0.2) is 0 Å². The van der Waals surface area contributed by atoms with Crippen LogP contribution < -0.4 is 0 Å². The SMILES string of the molecule is C[C@]12CCC3(C=C1CC[C@@H]1C2CC[C@]2(C)C(=O)CCC12)SCCS3. The summed E-state index contributed by atoms with van der Waals surface area (Å²) >= 11 is 4.41. The van der Waals surface area contributed by atoms with E-state index in [1.54, 1.807) is 5.57 Å². The molecule has 1 heterocycles. The number of Topliss-reactive ketones (excluding diaryl/α,β-unsaturated/α-hetero) is 1. The Morgan fingerprint density at radius 3 is 2.46 bits per heavy atom. The van der Waals surface area contributed by atoms with Gasteiger partial charge < -0.3 is 0 Å². The molecule has 1 nitrogen and oxygen atoms in total. The molecule has 3 heteroatoms. The maximum Gasteiger partial charge on any atom is 0.139 e. The van der Waals surface area contributed by atoms with Gasteiger partial charge in [0.2, 0.25) is 0 Å². The van der Waals surface area contributed by atoms with Crippen molar-refractivity contribution < 1.29 is 4.79 Å². The van der Waals surface area contributed by atoms with E-state index in [1.165, 1.54) is 50.0 Å². The zero-order chi connectivity index (χ0) is 16.6. The molecule has 5 aliphatic rings. The first-order chi connectivity index (χ1) is 11.5. The largest absolute Gasteiger partial charge is 0.299 e. The van der Waals surface area contributed by atoms with Crippen LogP contribution >= 0.6 is 23.5 Å². The number of ketones is 1. The Balaban J connectivity index is 1.48. The fraction of sp³-hybridized carbons (Fsp3) is 0.857. The topological polar surface area (TPSA) is 17.1 Å². The highest BCUT2D eigenvalue weighted by atomic mass is 32.2. The van der Waals surface area contributed by atoms with Crippen LogP contribution in [0.5, 0.6) is 0 Å². The Morgan fingerprint density at radius 1 is 0.917 bits per heavy atom. The van der Waals surface area contributed by atoms with Gasteiger partial charge in [0.25, 0.3) is 0 Å². The van der Waals surface area contributed by atoms with Gasteiger partial charge in [0, 0.05) is 23.3 Å². The number of thioether (sulfide) groups is 2. The molecule has 0 aromatic rings. The van der Waals surface area contributed by atoms with E-state index in [-0.39, 0.29) is 5.41 Å². The summed E-state index contributed by atoms with van der Waals surface area (Å²) in [6.07, 6.45) is 12.6. The number of carbonyl (C=O) groups is 1. The maximum atomic E-state index is 12.5. The number of hydrogen-bond donors (Lipinski definition) is 0. The Bertz CT molecular complexity index is 605. The van der Waals surface area contributed by atoms with E-state index in [1.807, 2.05) is 0 Å². The zero-order valence-electron chi connectivity index (χ0n) is 15.1. The molecule has 1 saturated heterocycles. The van der Waals surface area contributed by atoms with Crippen molar-refractivity contribution in [2.75, 3.05) is 11.5 Å². The summed E-state index contributed by atoms with van der Waals surface area (Å²) in [6, 6.07) is 0. The van der Waals surface area contributed by atoms with E-state index in [0.29, 0.717) is 21.2 Å². The first kappa shape index (κ1) is 16.3. The number of rotatable bonds is 0. The third-order valence-corrected chi connectivity index (χ3v) is 12.0. The summed E-state index contributed by atoms with van der Waals surface area (Å²) in [4.78, 5) is 12.5. The molecule has 0 aromatic carbocycles. The molecule has 1 aliphatic heterocycles. The molecule has 0 N–H and O–H groups in total. The highest BCUT2D eigenvalue weighted by Gasteiger charge is 2.59. The molecule has 0 aromatic heterocycles. The quantitative estimate of drug-likeness (QED) is 0.515. The van der Waals surface area contributed by atoms with E-state index < -0.39 is 0 Å². The molecule has 0 bridgehead atoms. The molecule has 132 valence electrons. The van der Waals surface area contributed by atoms with Gasteiger partial charge in [-0.15, -0.1) is 23.5 Å². The molecule has 5 rings (SSSR count). The Kier molecular flexibility index (Phi) is 3.61. The number of carbonyl (C=O) groups excluding carboxylic acids is 1. The van der Waals surface area contributed by atoms with Crippen molar-refractivity contribution >= 4 is 29.3 Å². The molecule has 1 spiro atoms. The lowest BCUT2D eigenvalue weighted by molar-refractivity contribution is -0.132. The summed E-state index contributed by atoms with van der Waals surface area (Å²) in [5.74, 6) is 5.59. The normalized spacial score (nSPS) is 49.5. The number of allylic oxidation sites excluding steroid dienone is 1. The summed E-state index contributed by atoms with van der Waals surface area (Å²) < 4.78 is 0.425. The van der Waals surface area contributed by atoms with Crippen LogP contribution in [0.25, 0.3) is 0 Å². The first-order valence-electron chi connectivity index (χ1n) is 10.0. The molecule has 24 heavy (non-hydrogen) atoms. The van der Waals surface area contributed by atoms with E-state index in [0.717, 1.165) is 24.7 Å². The number of hydrogen-bond acceptors (Lipinski definition) is 3. The lowest BCUT2D eigenvalue weighted by atomic mass is 9.47. The van der Waals surface area contributed by atoms with E-state index in [9.17, 15) is 4.79 Å². The second-order valence-corrected chi connectivity index (χ2v) is 12.5. The van der Waals surface area contributed by atoms with Crippen LogP contribution in [0.3, 0.4) is 0 Å². The highest BCUT2D eigenvalue weighted by molar-refractivity contribution is 8.21. The lowest BCUT2D eigenvalue weighted by Gasteiger charge is -2.58. The molecular weight excluding hydrogens is 332 g/mol. The Morgan fingerprint density at radius 2 is 1.67 bits per heavy atom. The second kappa shape index (κ2) is 5.31. The van der Waals surface area contributed by atoms with Crippen LogP contribution in [0.2, 0.25) is 0 Å². The lowest BCUT2D eigenvalue weighted by Crippen LogP contribution is -2.51. The van der Waals surface area contributed by atoms with Crippen molar-refractivity contribution in [3.63, 3.8) is 0 Å². The first-order valence-corrected chi connectivity index (χ1v) is 12.0. The third-order valence-electron chi connectivity index (χ3n) is 8.61. The standard InChI is InChI=1S/C21H30OS2/c1-19-9-10-21(23-11-12-24-21)13-14(19)3-4-15-16-5-6-18(22)20(16,2)8-7-17(15)19/h13,15-17H,3-12H2,1-2H3/t15-,16?,17?,19-,20-/m0/s1. The maximum absolute atomic E-state index is 12.5. The second-order valence-electron chi connectivity index (χ2n) is 9.43. The number of fused-ring (bicyclic) bond motifs is 5. The minimum absolute atomic E-state index is 0.0335. The average Bonchev–Trinajstić information content (AvgIpc) is 3.14. The molecule has 4 aliphatic carbocycles.